The summed E-state index contributed by atoms with van der Waals surface area (Å²) in [6, 6.07) is 6.89. The number of nitrogens with one attached hydrogen (secondary N) is 1. The van der Waals surface area contributed by atoms with E-state index < -0.39 is 11.7 Å². The van der Waals surface area contributed by atoms with Crippen molar-refractivity contribution in [3.8, 4) is 11.4 Å². The molecule has 0 aliphatic carbocycles. The average Bonchev–Trinajstić information content (AvgIpc) is 2.38. The van der Waals surface area contributed by atoms with Crippen LogP contribution in [-0.2, 0) is 6.18 Å². The molecule has 2 rings (SSSR count). The van der Waals surface area contributed by atoms with Gasteiger partial charge in [0.25, 0.3) is 0 Å². The second kappa shape index (κ2) is 5.26. The molecule has 3 nitrogen and oxygen atoms in total. The Balaban J connectivity index is 2.50. The highest BCUT2D eigenvalue weighted by Gasteiger charge is 2.33. The van der Waals surface area contributed by atoms with E-state index in [1.807, 2.05) is 6.92 Å². The Labute approximate surface area is 108 Å². The summed E-state index contributed by atoms with van der Waals surface area (Å²) in [5.41, 5.74) is -0.751. The zero-order valence-electron chi connectivity index (χ0n) is 10.2. The van der Waals surface area contributed by atoms with Crippen molar-refractivity contribution in [2.75, 3.05) is 11.9 Å². The van der Waals surface area contributed by atoms with E-state index in [1.165, 1.54) is 24.4 Å². The van der Waals surface area contributed by atoms with E-state index in [0.717, 1.165) is 6.07 Å². The molecule has 0 aliphatic rings. The lowest BCUT2D eigenvalue weighted by Crippen LogP contribution is -2.08. The first kappa shape index (κ1) is 13.3. The maximum absolute atomic E-state index is 12.9. The van der Waals surface area contributed by atoms with Crippen molar-refractivity contribution in [3.63, 3.8) is 0 Å². The van der Waals surface area contributed by atoms with Gasteiger partial charge in [0, 0.05) is 18.3 Å². The van der Waals surface area contributed by atoms with Crippen LogP contribution in [-0.4, -0.2) is 16.5 Å². The van der Waals surface area contributed by atoms with Crippen LogP contribution >= 0.6 is 0 Å². The van der Waals surface area contributed by atoms with Gasteiger partial charge in [-0.2, -0.15) is 13.2 Å². The van der Waals surface area contributed by atoms with Gasteiger partial charge in [-0.25, -0.2) is 9.97 Å². The van der Waals surface area contributed by atoms with Crippen molar-refractivity contribution in [2.45, 2.75) is 13.1 Å². The smallest absolute Gasteiger partial charge is 0.370 e. The monoisotopic (exact) mass is 267 g/mol. The first-order valence-corrected chi connectivity index (χ1v) is 5.76. The number of hydrogen-bond donors (Lipinski definition) is 1. The maximum Gasteiger partial charge on any atom is 0.417 e. The number of benzene rings is 1. The molecule has 19 heavy (non-hydrogen) atoms. The zero-order chi connectivity index (χ0) is 13.9. The summed E-state index contributed by atoms with van der Waals surface area (Å²) in [5, 5.41) is 2.94. The molecule has 0 saturated carbocycles. The summed E-state index contributed by atoms with van der Waals surface area (Å²) in [6.07, 6.45) is -2.98. The summed E-state index contributed by atoms with van der Waals surface area (Å²) < 4.78 is 38.7. The van der Waals surface area contributed by atoms with Gasteiger partial charge in [0.15, 0.2) is 5.82 Å². The summed E-state index contributed by atoms with van der Waals surface area (Å²) >= 11 is 0. The Hall–Kier alpha value is -2.11. The molecule has 1 aromatic carbocycles. The minimum absolute atomic E-state index is 0.0187. The zero-order valence-corrected chi connectivity index (χ0v) is 10.2. The van der Waals surface area contributed by atoms with E-state index in [-0.39, 0.29) is 11.4 Å². The lowest BCUT2D eigenvalue weighted by atomic mass is 10.1. The van der Waals surface area contributed by atoms with Gasteiger partial charge in [0.05, 0.1) is 5.56 Å². The number of nitrogens with zero attached hydrogens (tertiary/aromatic N) is 2. The number of hydrogen-bond acceptors (Lipinski definition) is 3. The molecule has 1 aromatic heterocycles. The fourth-order valence-corrected chi connectivity index (χ4v) is 1.69. The van der Waals surface area contributed by atoms with E-state index >= 15 is 0 Å². The highest BCUT2D eigenvalue weighted by molar-refractivity contribution is 5.62. The molecule has 1 N–H and O–H groups in total. The minimum Gasteiger partial charge on any atom is -0.370 e. The molecule has 100 valence electrons. The van der Waals surface area contributed by atoms with Crippen molar-refractivity contribution in [1.29, 1.82) is 0 Å². The number of aromatic nitrogens is 2. The van der Waals surface area contributed by atoms with Crippen molar-refractivity contribution < 1.29 is 13.2 Å². The molecular formula is C13H12F3N3. The Bertz CT molecular complexity index is 567. The molecule has 0 bridgehead atoms. The lowest BCUT2D eigenvalue weighted by Gasteiger charge is -2.12. The third-order valence-corrected chi connectivity index (χ3v) is 2.49. The van der Waals surface area contributed by atoms with E-state index in [2.05, 4.69) is 15.3 Å². The first-order valence-electron chi connectivity index (χ1n) is 5.76. The van der Waals surface area contributed by atoms with Gasteiger partial charge in [-0.15, -0.1) is 0 Å². The Morgan fingerprint density at radius 2 is 1.89 bits per heavy atom. The van der Waals surface area contributed by atoms with Crippen LogP contribution in [0, 0.1) is 0 Å². The second-order valence-corrected chi connectivity index (χ2v) is 3.84. The lowest BCUT2D eigenvalue weighted by molar-refractivity contribution is -0.137. The quantitative estimate of drug-likeness (QED) is 0.923. The van der Waals surface area contributed by atoms with Crippen LogP contribution in [0.5, 0.6) is 0 Å². The standard InChI is InChI=1S/C13H12F3N3/c1-2-17-11-7-8-18-12(19-11)9-5-3-4-6-10(9)13(14,15)16/h3-8H,2H2,1H3,(H,17,18,19). The third kappa shape index (κ3) is 3.01. The van der Waals surface area contributed by atoms with Crippen molar-refractivity contribution >= 4 is 5.82 Å². The second-order valence-electron chi connectivity index (χ2n) is 3.84. The topological polar surface area (TPSA) is 37.8 Å². The van der Waals surface area contributed by atoms with Gasteiger partial charge in [-0.05, 0) is 19.1 Å². The largest absolute Gasteiger partial charge is 0.417 e. The van der Waals surface area contributed by atoms with Gasteiger partial charge in [0.1, 0.15) is 5.82 Å². The van der Waals surface area contributed by atoms with Crippen molar-refractivity contribution in [1.82, 2.24) is 9.97 Å². The molecule has 0 saturated heterocycles. The van der Waals surface area contributed by atoms with Crippen LogP contribution in [0.2, 0.25) is 0 Å². The SMILES string of the molecule is CCNc1ccnc(-c2ccccc2C(F)(F)F)n1. The highest BCUT2D eigenvalue weighted by atomic mass is 19.4. The predicted octanol–water partition coefficient (Wildman–Crippen LogP) is 3.59. The summed E-state index contributed by atoms with van der Waals surface area (Å²) in [5.74, 6) is 0.566. The average molecular weight is 267 g/mol. The van der Waals surface area contributed by atoms with Crippen molar-refractivity contribution in [3.05, 3.63) is 42.1 Å². The van der Waals surface area contributed by atoms with Gasteiger partial charge in [-0.1, -0.05) is 18.2 Å². The molecule has 1 heterocycles. The minimum atomic E-state index is -4.42. The van der Waals surface area contributed by atoms with E-state index in [9.17, 15) is 13.2 Å². The number of rotatable bonds is 3. The number of anilines is 1. The molecule has 6 heteroatoms. The van der Waals surface area contributed by atoms with Gasteiger partial charge in [0.2, 0.25) is 0 Å². The van der Waals surface area contributed by atoms with Crippen LogP contribution in [0.1, 0.15) is 12.5 Å². The Kier molecular flexibility index (Phi) is 3.69. The predicted molar refractivity (Wildman–Crippen MR) is 66.6 cm³/mol. The van der Waals surface area contributed by atoms with E-state index in [0.29, 0.717) is 12.4 Å². The van der Waals surface area contributed by atoms with Crippen LogP contribution in [0.15, 0.2) is 36.5 Å². The molecule has 0 unspecified atom stereocenters. The fraction of sp³-hybridized carbons (Fsp3) is 0.231. The third-order valence-electron chi connectivity index (χ3n) is 2.49. The van der Waals surface area contributed by atoms with Gasteiger partial charge < -0.3 is 5.32 Å². The first-order chi connectivity index (χ1) is 9.02. The molecule has 0 aliphatic heterocycles. The van der Waals surface area contributed by atoms with Crippen LogP contribution in [0.25, 0.3) is 11.4 Å². The molecule has 0 fully saturated rings. The molecule has 2 aromatic rings. The summed E-state index contributed by atoms with van der Waals surface area (Å²) in [6.45, 7) is 2.52. The summed E-state index contributed by atoms with van der Waals surface area (Å²) in [4.78, 5) is 8.00. The van der Waals surface area contributed by atoms with Crippen LogP contribution in [0.4, 0.5) is 19.0 Å². The van der Waals surface area contributed by atoms with Crippen LogP contribution in [0.3, 0.4) is 0 Å². The molecule has 0 spiro atoms. The van der Waals surface area contributed by atoms with Crippen molar-refractivity contribution in [2.24, 2.45) is 0 Å². The van der Waals surface area contributed by atoms with E-state index in [1.54, 1.807) is 6.07 Å². The molecule has 0 amide bonds. The fourth-order valence-electron chi connectivity index (χ4n) is 1.69. The molecule has 0 radical (unpaired) electrons. The summed E-state index contributed by atoms with van der Waals surface area (Å²) in [7, 11) is 0. The number of alkyl halides is 3. The highest BCUT2D eigenvalue weighted by Crippen LogP contribution is 2.35. The maximum atomic E-state index is 12.9. The molecular weight excluding hydrogens is 255 g/mol. The van der Waals surface area contributed by atoms with Gasteiger partial charge in [-0.3, -0.25) is 0 Å². The molecule has 0 atom stereocenters. The Morgan fingerprint density at radius 3 is 2.58 bits per heavy atom. The number of halogens is 3. The normalized spacial score (nSPS) is 11.4. The van der Waals surface area contributed by atoms with Gasteiger partial charge >= 0.3 is 6.18 Å². The Morgan fingerprint density at radius 1 is 1.16 bits per heavy atom. The van der Waals surface area contributed by atoms with E-state index in [4.69, 9.17) is 0 Å². The van der Waals surface area contributed by atoms with Crippen LogP contribution < -0.4 is 5.32 Å².